The number of carbonyl (C=O) groups is 2. The number of nitrogens with zero attached hydrogens (tertiary/aromatic N) is 1. The lowest BCUT2D eigenvalue weighted by Crippen LogP contribution is -2.39. The first-order valence-corrected chi connectivity index (χ1v) is 10.3. The zero-order chi connectivity index (χ0) is 21.3. The van der Waals surface area contributed by atoms with Crippen molar-refractivity contribution in [3.05, 3.63) is 70.9 Å². The molecule has 5 heteroatoms. The maximum atomic E-state index is 13.5. The Labute approximate surface area is 176 Å². The van der Waals surface area contributed by atoms with E-state index in [0.717, 1.165) is 29.7 Å². The number of allylic oxidation sites excluding steroid dienone is 1. The summed E-state index contributed by atoms with van der Waals surface area (Å²) in [6.45, 7) is 3.89. The fourth-order valence-corrected chi connectivity index (χ4v) is 4.58. The summed E-state index contributed by atoms with van der Waals surface area (Å²) in [4.78, 5) is 31.2. The summed E-state index contributed by atoms with van der Waals surface area (Å²) in [5.41, 5.74) is 4.81. The van der Waals surface area contributed by atoms with Gasteiger partial charge in [0.2, 0.25) is 0 Å². The number of nitrogens with one attached hydrogen (secondary N) is 1. The van der Waals surface area contributed by atoms with Gasteiger partial charge in [0.25, 0.3) is 5.91 Å². The molecule has 2 aromatic carbocycles. The van der Waals surface area contributed by atoms with Crippen molar-refractivity contribution in [2.45, 2.75) is 39.0 Å². The molecule has 1 saturated carbocycles. The number of hydrogen-bond acceptors (Lipinski definition) is 4. The van der Waals surface area contributed by atoms with Gasteiger partial charge in [0.15, 0.2) is 0 Å². The van der Waals surface area contributed by atoms with E-state index in [1.165, 1.54) is 0 Å². The topological polar surface area (TPSA) is 67.8 Å². The van der Waals surface area contributed by atoms with Crippen LogP contribution in [0, 0.1) is 12.8 Å². The molecule has 1 fully saturated rings. The second kappa shape index (κ2) is 8.27. The normalized spacial score (nSPS) is 21.0. The number of Topliss-reactive ketones (excluding diaryl/α,β-unsaturated/α-hetero) is 1. The zero-order valence-electron chi connectivity index (χ0n) is 17.6. The van der Waals surface area contributed by atoms with Gasteiger partial charge in [-0.05, 0) is 44.4 Å². The molecule has 1 unspecified atom stereocenters. The highest BCUT2D eigenvalue weighted by atomic mass is 16.5. The molecule has 0 spiro atoms. The van der Waals surface area contributed by atoms with Gasteiger partial charge in [-0.2, -0.15) is 0 Å². The van der Waals surface area contributed by atoms with Crippen LogP contribution in [-0.4, -0.2) is 24.5 Å². The molecule has 154 valence electrons. The minimum absolute atomic E-state index is 0.168. The number of rotatable bonds is 4. The molecule has 2 atom stereocenters. The van der Waals surface area contributed by atoms with E-state index in [-0.39, 0.29) is 23.5 Å². The lowest BCUT2D eigenvalue weighted by molar-refractivity contribution is -0.122. The number of ketones is 1. The van der Waals surface area contributed by atoms with E-state index in [2.05, 4.69) is 11.4 Å². The second-order valence-electron chi connectivity index (χ2n) is 7.95. The molecule has 1 aliphatic carbocycles. The van der Waals surface area contributed by atoms with Gasteiger partial charge in [-0.1, -0.05) is 42.0 Å². The van der Waals surface area contributed by atoms with Gasteiger partial charge < -0.3 is 10.1 Å². The van der Waals surface area contributed by atoms with Crippen molar-refractivity contribution in [2.24, 2.45) is 10.9 Å². The largest absolute Gasteiger partial charge is 0.495 e. The third kappa shape index (κ3) is 3.67. The van der Waals surface area contributed by atoms with Crippen LogP contribution in [0.25, 0.3) is 0 Å². The van der Waals surface area contributed by atoms with Crippen molar-refractivity contribution in [3.63, 3.8) is 0 Å². The van der Waals surface area contributed by atoms with Crippen molar-refractivity contribution >= 4 is 23.1 Å². The molecule has 1 heterocycles. The molecule has 0 bridgehead atoms. The molecule has 4 rings (SSSR count). The van der Waals surface area contributed by atoms with Gasteiger partial charge in [0, 0.05) is 29.3 Å². The minimum atomic E-state index is -0.373. The van der Waals surface area contributed by atoms with Crippen molar-refractivity contribution < 1.29 is 14.3 Å². The first kappa shape index (κ1) is 20.1. The van der Waals surface area contributed by atoms with Crippen LogP contribution in [0.2, 0.25) is 0 Å². The Morgan fingerprint density at radius 2 is 1.87 bits per heavy atom. The van der Waals surface area contributed by atoms with E-state index in [4.69, 9.17) is 9.73 Å². The van der Waals surface area contributed by atoms with Crippen LogP contribution in [0.5, 0.6) is 5.75 Å². The van der Waals surface area contributed by atoms with Gasteiger partial charge in [-0.3, -0.25) is 14.6 Å². The first-order valence-electron chi connectivity index (χ1n) is 10.3. The fraction of sp³-hybridized carbons (Fsp3) is 0.320. The molecule has 0 radical (unpaired) electrons. The lowest BCUT2D eigenvalue weighted by atomic mass is 9.69. The van der Waals surface area contributed by atoms with Crippen molar-refractivity contribution in [1.29, 1.82) is 0 Å². The standard InChI is InChI=1S/C25H26N2O3/c1-15-8-6-9-17(14-15)23-22(16(2)26-19-11-7-12-20(28)24(19)23)25(29)27-18-10-4-5-13-21(18)30-3/h4-6,8-10,13-14,23-24H,7,11-12H2,1-3H3,(H,27,29)/t23-,24?/m1/s1. The van der Waals surface area contributed by atoms with E-state index < -0.39 is 0 Å². The van der Waals surface area contributed by atoms with E-state index in [9.17, 15) is 9.59 Å². The molecular weight excluding hydrogens is 376 g/mol. The van der Waals surface area contributed by atoms with Crippen LogP contribution < -0.4 is 10.1 Å². The average molecular weight is 402 g/mol. The van der Waals surface area contributed by atoms with Crippen molar-refractivity contribution in [2.75, 3.05) is 12.4 Å². The van der Waals surface area contributed by atoms with E-state index >= 15 is 0 Å². The number of para-hydroxylation sites is 2. The molecule has 2 aromatic rings. The Kier molecular flexibility index (Phi) is 5.53. The molecule has 1 N–H and O–H groups in total. The Balaban J connectivity index is 1.80. The van der Waals surface area contributed by atoms with Crippen LogP contribution in [0.4, 0.5) is 5.69 Å². The molecule has 2 aliphatic rings. The highest BCUT2D eigenvalue weighted by Crippen LogP contribution is 2.43. The van der Waals surface area contributed by atoms with E-state index in [1.807, 2.05) is 44.2 Å². The summed E-state index contributed by atoms with van der Waals surface area (Å²) in [6.07, 6.45) is 2.16. The molecular formula is C25H26N2O3. The number of carbonyl (C=O) groups excluding carboxylic acids is 2. The smallest absolute Gasteiger partial charge is 0.254 e. The third-order valence-corrected chi connectivity index (χ3v) is 5.91. The third-order valence-electron chi connectivity index (χ3n) is 5.91. The molecule has 5 nitrogen and oxygen atoms in total. The predicted molar refractivity (Wildman–Crippen MR) is 118 cm³/mol. The summed E-state index contributed by atoms with van der Waals surface area (Å²) in [7, 11) is 1.57. The van der Waals surface area contributed by atoms with Gasteiger partial charge >= 0.3 is 0 Å². The molecule has 30 heavy (non-hydrogen) atoms. The Morgan fingerprint density at radius 3 is 2.63 bits per heavy atom. The number of aryl methyl sites for hydroxylation is 1. The average Bonchev–Trinajstić information content (AvgIpc) is 2.73. The minimum Gasteiger partial charge on any atom is -0.495 e. The van der Waals surface area contributed by atoms with Crippen LogP contribution in [0.1, 0.15) is 43.2 Å². The highest BCUT2D eigenvalue weighted by Gasteiger charge is 2.43. The van der Waals surface area contributed by atoms with Gasteiger partial charge in [-0.25, -0.2) is 0 Å². The molecule has 1 aliphatic heterocycles. The van der Waals surface area contributed by atoms with Gasteiger partial charge in [0.1, 0.15) is 11.5 Å². The van der Waals surface area contributed by atoms with E-state index in [0.29, 0.717) is 29.1 Å². The monoisotopic (exact) mass is 402 g/mol. The number of fused-ring (bicyclic) bond motifs is 1. The van der Waals surface area contributed by atoms with Gasteiger partial charge in [-0.15, -0.1) is 0 Å². The maximum absolute atomic E-state index is 13.5. The molecule has 0 aromatic heterocycles. The summed E-state index contributed by atoms with van der Waals surface area (Å²) in [6, 6.07) is 15.4. The van der Waals surface area contributed by atoms with Crippen molar-refractivity contribution in [1.82, 2.24) is 0 Å². The number of amides is 1. The Hall–Kier alpha value is -3.21. The summed E-state index contributed by atoms with van der Waals surface area (Å²) < 4.78 is 5.38. The lowest BCUT2D eigenvalue weighted by Gasteiger charge is -2.36. The van der Waals surface area contributed by atoms with E-state index in [1.54, 1.807) is 19.2 Å². The number of aliphatic imine (C=N–C) groups is 1. The van der Waals surface area contributed by atoms with Gasteiger partial charge in [0.05, 0.1) is 18.7 Å². The predicted octanol–water partition coefficient (Wildman–Crippen LogP) is 4.82. The SMILES string of the molecule is COc1ccccc1NC(=O)C1=C(C)N=C2CCCC(=O)C2[C@@H]1c1cccc(C)c1. The fourth-order valence-electron chi connectivity index (χ4n) is 4.58. The Bertz CT molecular complexity index is 1070. The zero-order valence-corrected chi connectivity index (χ0v) is 17.6. The summed E-state index contributed by atoms with van der Waals surface area (Å²) in [5.74, 6) is -0.196. The number of benzene rings is 2. The second-order valence-corrected chi connectivity index (χ2v) is 7.95. The molecule has 1 amide bonds. The van der Waals surface area contributed by atoms with Crippen LogP contribution in [0.15, 0.2) is 64.8 Å². The summed E-state index contributed by atoms with van der Waals surface area (Å²) in [5, 5.41) is 2.98. The number of anilines is 1. The molecule has 0 saturated heterocycles. The first-order chi connectivity index (χ1) is 14.5. The number of hydrogen-bond donors (Lipinski definition) is 1. The maximum Gasteiger partial charge on any atom is 0.254 e. The summed E-state index contributed by atoms with van der Waals surface area (Å²) >= 11 is 0. The van der Waals surface area contributed by atoms with Crippen LogP contribution in [0.3, 0.4) is 0 Å². The highest BCUT2D eigenvalue weighted by molar-refractivity contribution is 6.14. The van der Waals surface area contributed by atoms with Crippen LogP contribution >= 0.6 is 0 Å². The Morgan fingerprint density at radius 1 is 1.07 bits per heavy atom. The number of ether oxygens (including phenoxy) is 1. The van der Waals surface area contributed by atoms with Crippen LogP contribution in [-0.2, 0) is 9.59 Å². The quantitative estimate of drug-likeness (QED) is 0.797. The number of methoxy groups -OCH3 is 1. The van der Waals surface area contributed by atoms with Crippen molar-refractivity contribution in [3.8, 4) is 5.75 Å².